The average Bonchev–Trinajstić information content (AvgIpc) is 2.32. The van der Waals surface area contributed by atoms with Crippen molar-refractivity contribution < 1.29 is 0 Å². The molecule has 1 unspecified atom stereocenters. The molecular formula is C14H23BrN2. The monoisotopic (exact) mass is 298 g/mol. The van der Waals surface area contributed by atoms with Gasteiger partial charge >= 0.3 is 0 Å². The first kappa shape index (κ1) is 14.7. The molecule has 0 spiro atoms. The quantitative estimate of drug-likeness (QED) is 0.829. The Morgan fingerprint density at radius 3 is 2.41 bits per heavy atom. The number of hydrogen-bond acceptors (Lipinski definition) is 2. The van der Waals surface area contributed by atoms with E-state index in [2.05, 4.69) is 64.4 Å². The van der Waals surface area contributed by atoms with Crippen molar-refractivity contribution in [1.29, 1.82) is 0 Å². The first-order chi connectivity index (χ1) is 8.17. The maximum Gasteiger partial charge on any atom is 0.0329 e. The molecule has 2 nitrogen and oxygen atoms in total. The Morgan fingerprint density at radius 1 is 1.24 bits per heavy atom. The van der Waals surface area contributed by atoms with E-state index in [0.717, 1.165) is 17.4 Å². The summed E-state index contributed by atoms with van der Waals surface area (Å²) >= 11 is 3.47. The molecule has 0 heterocycles. The summed E-state index contributed by atoms with van der Waals surface area (Å²) in [6, 6.07) is 9.03. The van der Waals surface area contributed by atoms with E-state index in [1.807, 2.05) is 7.05 Å². The van der Waals surface area contributed by atoms with Crippen LogP contribution in [0.2, 0.25) is 0 Å². The highest BCUT2D eigenvalue weighted by molar-refractivity contribution is 9.10. The molecule has 0 saturated carbocycles. The zero-order valence-corrected chi connectivity index (χ0v) is 12.6. The fraction of sp³-hybridized carbons (Fsp3) is 0.571. The smallest absolute Gasteiger partial charge is 0.0329 e. The largest absolute Gasteiger partial charge is 0.313 e. The van der Waals surface area contributed by atoms with E-state index in [4.69, 9.17) is 0 Å². The van der Waals surface area contributed by atoms with Crippen molar-refractivity contribution in [3.8, 4) is 0 Å². The minimum atomic E-state index is 0.447. The lowest BCUT2D eigenvalue weighted by Gasteiger charge is -2.21. The van der Waals surface area contributed by atoms with E-state index in [-0.39, 0.29) is 0 Å². The lowest BCUT2D eigenvalue weighted by molar-refractivity contribution is 0.311. The van der Waals surface area contributed by atoms with E-state index in [1.54, 1.807) is 0 Å². The number of nitrogens with one attached hydrogen (secondary N) is 1. The van der Waals surface area contributed by atoms with Gasteiger partial charge in [0.25, 0.3) is 0 Å². The molecule has 96 valence electrons. The standard InChI is InChI=1S/C14H23BrN2/c1-4-10-17(3)11-9-14(16-2)12-5-7-13(15)8-6-12/h5-8,14,16H,4,9-11H2,1-3H3. The molecule has 1 aromatic rings. The van der Waals surface area contributed by atoms with Gasteiger partial charge in [0.2, 0.25) is 0 Å². The van der Waals surface area contributed by atoms with Gasteiger partial charge in [-0.15, -0.1) is 0 Å². The number of halogens is 1. The summed E-state index contributed by atoms with van der Waals surface area (Å²) in [4.78, 5) is 2.39. The Labute approximate surface area is 114 Å². The molecule has 0 aliphatic heterocycles. The summed E-state index contributed by atoms with van der Waals surface area (Å²) in [6.07, 6.45) is 2.37. The van der Waals surface area contributed by atoms with Gasteiger partial charge in [0.1, 0.15) is 0 Å². The van der Waals surface area contributed by atoms with Crippen LogP contribution in [0.25, 0.3) is 0 Å². The van der Waals surface area contributed by atoms with Crippen LogP contribution in [0.5, 0.6) is 0 Å². The highest BCUT2D eigenvalue weighted by Crippen LogP contribution is 2.19. The Kier molecular flexibility index (Phi) is 6.78. The Morgan fingerprint density at radius 2 is 1.88 bits per heavy atom. The predicted octanol–water partition coefficient (Wildman–Crippen LogP) is 3.44. The third kappa shape index (κ3) is 5.19. The molecule has 1 rings (SSSR count). The van der Waals surface area contributed by atoms with E-state index < -0.39 is 0 Å². The van der Waals surface area contributed by atoms with Gasteiger partial charge in [-0.25, -0.2) is 0 Å². The predicted molar refractivity (Wildman–Crippen MR) is 78.3 cm³/mol. The van der Waals surface area contributed by atoms with E-state index in [1.165, 1.54) is 18.5 Å². The Bertz CT molecular complexity index is 311. The number of hydrogen-bond donors (Lipinski definition) is 1. The normalized spacial score (nSPS) is 13.0. The first-order valence-corrected chi connectivity index (χ1v) is 7.08. The molecule has 1 atom stereocenters. The fourth-order valence-corrected chi connectivity index (χ4v) is 2.28. The highest BCUT2D eigenvalue weighted by atomic mass is 79.9. The van der Waals surface area contributed by atoms with Crippen LogP contribution in [0.1, 0.15) is 31.4 Å². The van der Waals surface area contributed by atoms with Gasteiger partial charge in [0.05, 0.1) is 0 Å². The van der Waals surface area contributed by atoms with Crippen LogP contribution in [0.15, 0.2) is 28.7 Å². The molecule has 1 aromatic carbocycles. The minimum absolute atomic E-state index is 0.447. The zero-order valence-electron chi connectivity index (χ0n) is 11.0. The van der Waals surface area contributed by atoms with Gasteiger partial charge in [0, 0.05) is 10.5 Å². The molecule has 3 heteroatoms. The fourth-order valence-electron chi connectivity index (χ4n) is 2.02. The maximum atomic E-state index is 3.47. The zero-order chi connectivity index (χ0) is 12.7. The van der Waals surface area contributed by atoms with Crippen LogP contribution in [-0.4, -0.2) is 32.1 Å². The summed E-state index contributed by atoms with van der Waals surface area (Å²) in [6.45, 7) is 4.53. The maximum absolute atomic E-state index is 3.47. The second kappa shape index (κ2) is 7.85. The van der Waals surface area contributed by atoms with E-state index in [9.17, 15) is 0 Å². The number of nitrogens with zero attached hydrogens (tertiary/aromatic N) is 1. The van der Waals surface area contributed by atoms with Crippen molar-refractivity contribution in [2.45, 2.75) is 25.8 Å². The lowest BCUT2D eigenvalue weighted by Crippen LogP contribution is -2.26. The average molecular weight is 299 g/mol. The van der Waals surface area contributed by atoms with Crippen molar-refractivity contribution in [2.75, 3.05) is 27.2 Å². The molecule has 0 aromatic heterocycles. The third-order valence-corrected chi connectivity index (χ3v) is 3.55. The van der Waals surface area contributed by atoms with Crippen LogP contribution in [0.3, 0.4) is 0 Å². The van der Waals surface area contributed by atoms with Crippen LogP contribution < -0.4 is 5.32 Å². The second-order valence-corrected chi connectivity index (χ2v) is 5.40. The highest BCUT2D eigenvalue weighted by Gasteiger charge is 2.09. The molecule has 0 bridgehead atoms. The SMILES string of the molecule is CCCN(C)CCC(NC)c1ccc(Br)cc1. The van der Waals surface area contributed by atoms with Crippen LogP contribution in [0, 0.1) is 0 Å². The van der Waals surface area contributed by atoms with E-state index >= 15 is 0 Å². The molecule has 0 aliphatic carbocycles. The summed E-state index contributed by atoms with van der Waals surface area (Å²) in [5, 5.41) is 3.39. The molecule has 1 N–H and O–H groups in total. The van der Waals surface area contributed by atoms with Crippen molar-refractivity contribution in [3.05, 3.63) is 34.3 Å². The van der Waals surface area contributed by atoms with Crippen LogP contribution in [-0.2, 0) is 0 Å². The number of rotatable bonds is 7. The molecule has 0 aliphatic rings. The van der Waals surface area contributed by atoms with Crippen molar-refractivity contribution in [3.63, 3.8) is 0 Å². The van der Waals surface area contributed by atoms with Gasteiger partial charge in [-0.05, 0) is 57.7 Å². The minimum Gasteiger partial charge on any atom is -0.313 e. The number of benzene rings is 1. The van der Waals surface area contributed by atoms with Gasteiger partial charge in [-0.2, -0.15) is 0 Å². The summed E-state index contributed by atoms with van der Waals surface area (Å²) in [5.41, 5.74) is 1.36. The third-order valence-electron chi connectivity index (χ3n) is 3.03. The molecule has 17 heavy (non-hydrogen) atoms. The summed E-state index contributed by atoms with van der Waals surface area (Å²) in [7, 11) is 4.23. The van der Waals surface area contributed by atoms with Crippen molar-refractivity contribution in [2.24, 2.45) is 0 Å². The van der Waals surface area contributed by atoms with Gasteiger partial charge in [-0.3, -0.25) is 0 Å². The lowest BCUT2D eigenvalue weighted by atomic mass is 10.0. The van der Waals surface area contributed by atoms with Gasteiger partial charge in [0.15, 0.2) is 0 Å². The van der Waals surface area contributed by atoms with E-state index in [0.29, 0.717) is 6.04 Å². The molecule has 0 fully saturated rings. The van der Waals surface area contributed by atoms with Crippen LogP contribution in [0.4, 0.5) is 0 Å². The second-order valence-electron chi connectivity index (χ2n) is 4.48. The molecule has 0 radical (unpaired) electrons. The Hall–Kier alpha value is -0.380. The molecular weight excluding hydrogens is 276 g/mol. The van der Waals surface area contributed by atoms with Gasteiger partial charge in [-0.1, -0.05) is 35.0 Å². The Balaban J connectivity index is 2.51. The van der Waals surface area contributed by atoms with Gasteiger partial charge < -0.3 is 10.2 Å². The first-order valence-electron chi connectivity index (χ1n) is 6.28. The summed E-state index contributed by atoms with van der Waals surface area (Å²) in [5.74, 6) is 0. The van der Waals surface area contributed by atoms with Crippen LogP contribution >= 0.6 is 15.9 Å². The summed E-state index contributed by atoms with van der Waals surface area (Å²) < 4.78 is 1.14. The van der Waals surface area contributed by atoms with Crippen molar-refractivity contribution >= 4 is 15.9 Å². The molecule has 0 saturated heterocycles. The van der Waals surface area contributed by atoms with Crippen molar-refractivity contribution in [1.82, 2.24) is 10.2 Å². The molecule has 0 amide bonds. The topological polar surface area (TPSA) is 15.3 Å².